The molecule has 1 aromatic carbocycles. The summed E-state index contributed by atoms with van der Waals surface area (Å²) in [6, 6.07) is 7.00. The highest BCUT2D eigenvalue weighted by atomic mass is 16.2. The molecule has 0 bridgehead atoms. The van der Waals surface area contributed by atoms with Crippen LogP contribution in [0.2, 0.25) is 0 Å². The number of anilines is 1. The summed E-state index contributed by atoms with van der Waals surface area (Å²) in [5, 5.41) is 5.65. The molecule has 0 saturated carbocycles. The van der Waals surface area contributed by atoms with Crippen LogP contribution in [-0.4, -0.2) is 33.6 Å². The van der Waals surface area contributed by atoms with Gasteiger partial charge in [0.25, 0.3) is 5.91 Å². The van der Waals surface area contributed by atoms with Crippen molar-refractivity contribution < 1.29 is 14.4 Å². The number of benzene rings is 1. The molecule has 1 fully saturated rings. The monoisotopic (exact) mass is 379 g/mol. The lowest BCUT2D eigenvalue weighted by Gasteiger charge is -2.29. The van der Waals surface area contributed by atoms with Crippen LogP contribution in [0.5, 0.6) is 0 Å². The average Bonchev–Trinajstić information content (AvgIpc) is 2.98. The number of nitrogen functional groups attached to an aromatic ring is 1. The second-order valence-electron chi connectivity index (χ2n) is 7.12. The number of amides is 3. The number of carbonyl (C=O) groups is 3. The minimum Gasteiger partial charge on any atom is -0.397 e. The molecule has 8 heteroatoms. The van der Waals surface area contributed by atoms with Gasteiger partial charge in [-0.1, -0.05) is 12.1 Å². The van der Waals surface area contributed by atoms with Crippen molar-refractivity contribution in [2.45, 2.75) is 38.5 Å². The summed E-state index contributed by atoms with van der Waals surface area (Å²) in [4.78, 5) is 41.8. The Morgan fingerprint density at radius 1 is 1.14 bits per heavy atom. The van der Waals surface area contributed by atoms with E-state index in [1.807, 2.05) is 24.3 Å². The molecule has 1 unspecified atom stereocenters. The number of imide groups is 1. The van der Waals surface area contributed by atoms with Gasteiger partial charge in [0, 0.05) is 44.0 Å². The van der Waals surface area contributed by atoms with Gasteiger partial charge in [-0.3, -0.25) is 24.7 Å². The lowest BCUT2D eigenvalue weighted by Crippen LogP contribution is -2.52. The highest BCUT2D eigenvalue weighted by Crippen LogP contribution is 2.28. The Balaban J connectivity index is 1.41. The van der Waals surface area contributed by atoms with Gasteiger partial charge in [0.05, 0.1) is 5.69 Å². The van der Waals surface area contributed by atoms with E-state index in [4.69, 9.17) is 5.73 Å². The molecule has 28 heavy (non-hydrogen) atoms. The van der Waals surface area contributed by atoms with E-state index < -0.39 is 11.9 Å². The number of carbonyl (C=O) groups excluding carboxylic acids is 3. The van der Waals surface area contributed by atoms with Crippen LogP contribution in [0.15, 0.2) is 36.7 Å². The highest BCUT2D eigenvalue weighted by molar-refractivity contribution is 6.05. The van der Waals surface area contributed by atoms with E-state index in [1.165, 1.54) is 0 Å². The lowest BCUT2D eigenvalue weighted by atomic mass is 10.0. The molecule has 2 aliphatic rings. The number of fused-ring (bicyclic) bond motifs is 1. The molecule has 1 saturated heterocycles. The summed E-state index contributed by atoms with van der Waals surface area (Å²) >= 11 is 0. The molecule has 0 spiro atoms. The molecular formula is C20H21N5O3. The molecule has 1 atom stereocenters. The number of pyridine rings is 1. The molecule has 3 amide bonds. The second-order valence-corrected chi connectivity index (χ2v) is 7.12. The van der Waals surface area contributed by atoms with Crippen molar-refractivity contribution in [3.05, 3.63) is 58.9 Å². The van der Waals surface area contributed by atoms with E-state index >= 15 is 0 Å². The third-order valence-corrected chi connectivity index (χ3v) is 5.06. The Hall–Kier alpha value is -3.26. The van der Waals surface area contributed by atoms with Crippen molar-refractivity contribution >= 4 is 23.4 Å². The van der Waals surface area contributed by atoms with E-state index in [1.54, 1.807) is 17.3 Å². The average molecular weight is 379 g/mol. The van der Waals surface area contributed by atoms with E-state index in [2.05, 4.69) is 15.6 Å². The number of hydrogen-bond acceptors (Lipinski definition) is 6. The Labute approximate surface area is 162 Å². The number of nitrogens with zero attached hydrogens (tertiary/aromatic N) is 2. The fraction of sp³-hybridized carbons (Fsp3) is 0.300. The fourth-order valence-electron chi connectivity index (χ4n) is 3.69. The quantitative estimate of drug-likeness (QED) is 0.659. The Kier molecular flexibility index (Phi) is 4.79. The highest BCUT2D eigenvalue weighted by Gasteiger charge is 2.38. The molecule has 8 nitrogen and oxygen atoms in total. The Bertz CT molecular complexity index is 959. The lowest BCUT2D eigenvalue weighted by molar-refractivity contribution is -0.136. The zero-order valence-electron chi connectivity index (χ0n) is 15.3. The third kappa shape index (κ3) is 3.59. The molecular weight excluding hydrogens is 358 g/mol. The predicted molar refractivity (Wildman–Crippen MR) is 102 cm³/mol. The largest absolute Gasteiger partial charge is 0.397 e. The van der Waals surface area contributed by atoms with E-state index in [0.717, 1.165) is 16.7 Å². The second kappa shape index (κ2) is 7.40. The summed E-state index contributed by atoms with van der Waals surface area (Å²) in [6.07, 6.45) is 4.00. The van der Waals surface area contributed by atoms with Gasteiger partial charge in [-0.15, -0.1) is 0 Å². The molecule has 4 rings (SSSR count). The topological polar surface area (TPSA) is 117 Å². The van der Waals surface area contributed by atoms with Gasteiger partial charge in [0.1, 0.15) is 6.04 Å². The van der Waals surface area contributed by atoms with Crippen molar-refractivity contribution in [3.8, 4) is 0 Å². The zero-order chi connectivity index (χ0) is 19.7. The molecule has 4 N–H and O–H groups in total. The van der Waals surface area contributed by atoms with Crippen LogP contribution >= 0.6 is 0 Å². The van der Waals surface area contributed by atoms with Gasteiger partial charge < -0.3 is 16.0 Å². The van der Waals surface area contributed by atoms with E-state index in [-0.39, 0.29) is 18.2 Å². The standard InChI is InChI=1S/C20H21N5O3/c21-15-6-13(9-23-10-15)8-22-7-12-1-2-16-14(5-12)11-25(20(16)28)17-3-4-18(26)24-19(17)27/h1-2,5-6,9-10,17,22H,3-4,7-8,11,21H2,(H,24,26,27). The molecule has 0 radical (unpaired) electrons. The molecule has 3 heterocycles. The number of nitrogens with two attached hydrogens (primary N) is 1. The van der Waals surface area contributed by atoms with Crippen molar-refractivity contribution in [1.82, 2.24) is 20.5 Å². The van der Waals surface area contributed by atoms with Crippen molar-refractivity contribution in [2.75, 3.05) is 5.73 Å². The van der Waals surface area contributed by atoms with Gasteiger partial charge in [0.15, 0.2) is 0 Å². The first-order valence-corrected chi connectivity index (χ1v) is 9.18. The van der Waals surface area contributed by atoms with Crippen molar-refractivity contribution in [2.24, 2.45) is 0 Å². The van der Waals surface area contributed by atoms with Crippen molar-refractivity contribution in [1.29, 1.82) is 0 Å². The van der Waals surface area contributed by atoms with Gasteiger partial charge in [-0.25, -0.2) is 0 Å². The van der Waals surface area contributed by atoms with Crippen LogP contribution in [0.1, 0.15) is 39.9 Å². The summed E-state index contributed by atoms with van der Waals surface area (Å²) in [7, 11) is 0. The minimum atomic E-state index is -0.588. The van der Waals surface area contributed by atoms with Crippen LogP contribution in [0.3, 0.4) is 0 Å². The Morgan fingerprint density at radius 3 is 2.75 bits per heavy atom. The van der Waals surface area contributed by atoms with Crippen LogP contribution in [0.25, 0.3) is 0 Å². The number of aromatic nitrogens is 1. The number of rotatable bonds is 5. The summed E-state index contributed by atoms with van der Waals surface area (Å²) in [5.74, 6) is -0.834. The first-order valence-electron chi connectivity index (χ1n) is 9.18. The minimum absolute atomic E-state index is 0.158. The third-order valence-electron chi connectivity index (χ3n) is 5.06. The molecule has 0 aliphatic carbocycles. The van der Waals surface area contributed by atoms with Crippen LogP contribution < -0.4 is 16.4 Å². The number of nitrogens with one attached hydrogen (secondary N) is 2. The molecule has 2 aliphatic heterocycles. The smallest absolute Gasteiger partial charge is 0.255 e. The summed E-state index contributed by atoms with van der Waals surface area (Å²) in [5.41, 5.74) is 9.93. The maximum atomic E-state index is 12.7. The fourth-order valence-corrected chi connectivity index (χ4v) is 3.69. The van der Waals surface area contributed by atoms with Gasteiger partial charge in [0.2, 0.25) is 11.8 Å². The first-order chi connectivity index (χ1) is 13.5. The van der Waals surface area contributed by atoms with Crippen LogP contribution in [0, 0.1) is 0 Å². The van der Waals surface area contributed by atoms with Gasteiger partial charge in [-0.2, -0.15) is 0 Å². The van der Waals surface area contributed by atoms with Gasteiger partial charge in [-0.05, 0) is 35.2 Å². The van der Waals surface area contributed by atoms with Crippen molar-refractivity contribution in [3.63, 3.8) is 0 Å². The summed E-state index contributed by atoms with van der Waals surface area (Å²) in [6.45, 7) is 1.65. The van der Waals surface area contributed by atoms with E-state index in [9.17, 15) is 14.4 Å². The molecule has 1 aromatic heterocycles. The van der Waals surface area contributed by atoms with Gasteiger partial charge >= 0.3 is 0 Å². The maximum absolute atomic E-state index is 12.7. The maximum Gasteiger partial charge on any atom is 0.255 e. The zero-order valence-corrected chi connectivity index (χ0v) is 15.3. The first kappa shape index (κ1) is 18.1. The predicted octanol–water partition coefficient (Wildman–Crippen LogP) is 0.715. The SMILES string of the molecule is Nc1cncc(CNCc2ccc3c(c2)CN(C2CCC(=O)NC2=O)C3=O)c1. The van der Waals surface area contributed by atoms with Crippen LogP contribution in [0.4, 0.5) is 5.69 Å². The molecule has 144 valence electrons. The summed E-state index contributed by atoms with van der Waals surface area (Å²) < 4.78 is 0. The normalized spacial score (nSPS) is 18.9. The number of hydrogen-bond donors (Lipinski definition) is 3. The Morgan fingerprint density at radius 2 is 1.96 bits per heavy atom. The van der Waals surface area contributed by atoms with Crippen LogP contribution in [-0.2, 0) is 29.2 Å². The van der Waals surface area contributed by atoms with E-state index in [0.29, 0.717) is 37.3 Å². The number of piperidine rings is 1. The molecule has 2 aromatic rings.